The highest BCUT2D eigenvalue weighted by Gasteiger charge is 2.05. The lowest BCUT2D eigenvalue weighted by Gasteiger charge is -2.07. The summed E-state index contributed by atoms with van der Waals surface area (Å²) in [5.41, 5.74) is 1.30. The van der Waals surface area contributed by atoms with Crippen LogP contribution in [-0.2, 0) is 19.1 Å². The summed E-state index contributed by atoms with van der Waals surface area (Å²) in [7, 11) is 0. The van der Waals surface area contributed by atoms with Gasteiger partial charge >= 0.3 is 11.9 Å². The number of hydrogen-bond acceptors (Lipinski definition) is 6. The van der Waals surface area contributed by atoms with Gasteiger partial charge in [0.05, 0.1) is 26.1 Å². The lowest BCUT2D eigenvalue weighted by Crippen LogP contribution is -2.05. The van der Waals surface area contributed by atoms with Gasteiger partial charge in [0.2, 0.25) is 0 Å². The Kier molecular flexibility index (Phi) is 12.2. The van der Waals surface area contributed by atoms with Crippen molar-refractivity contribution in [2.75, 3.05) is 19.8 Å². The largest absolute Gasteiger partial charge is 0.494 e. The van der Waals surface area contributed by atoms with Gasteiger partial charge in [-0.05, 0) is 68.1 Å². The molecular weight excluding hydrogens is 451 g/mol. The molecular formula is C28H29FO6. The molecule has 184 valence electrons. The third-order valence-corrected chi connectivity index (χ3v) is 4.60. The van der Waals surface area contributed by atoms with Gasteiger partial charge in [0.25, 0.3) is 0 Å². The Bertz CT molecular complexity index is 1050. The van der Waals surface area contributed by atoms with Crippen LogP contribution in [0, 0.1) is 17.7 Å². The average molecular weight is 481 g/mol. The molecule has 0 saturated carbocycles. The van der Waals surface area contributed by atoms with Gasteiger partial charge in [0.15, 0.2) is 11.6 Å². The number of hydrogen-bond donors (Lipinski definition) is 0. The maximum Gasteiger partial charge on any atom is 0.330 e. The average Bonchev–Trinajstić information content (AvgIpc) is 2.86. The van der Waals surface area contributed by atoms with Crippen molar-refractivity contribution in [3.63, 3.8) is 0 Å². The molecule has 6 nitrogen and oxygen atoms in total. The van der Waals surface area contributed by atoms with Gasteiger partial charge in [0.1, 0.15) is 5.75 Å². The number of ether oxygens (including phenoxy) is 4. The monoisotopic (exact) mass is 480 g/mol. The van der Waals surface area contributed by atoms with Crippen LogP contribution in [0.3, 0.4) is 0 Å². The predicted octanol–water partition coefficient (Wildman–Crippen LogP) is 5.35. The Labute approximate surface area is 205 Å². The summed E-state index contributed by atoms with van der Waals surface area (Å²) in [5.74, 6) is 5.53. The molecule has 0 radical (unpaired) electrons. The van der Waals surface area contributed by atoms with Gasteiger partial charge < -0.3 is 18.9 Å². The number of carbonyl (C=O) groups is 2. The first-order valence-electron chi connectivity index (χ1n) is 11.3. The molecule has 35 heavy (non-hydrogen) atoms. The molecule has 0 aliphatic rings. The Hall–Kier alpha value is -4.05. The first-order valence-corrected chi connectivity index (χ1v) is 11.3. The minimum atomic E-state index is -0.489. The Morgan fingerprint density at radius 1 is 0.857 bits per heavy atom. The van der Waals surface area contributed by atoms with Crippen molar-refractivity contribution in [1.29, 1.82) is 0 Å². The molecule has 0 bridgehead atoms. The van der Waals surface area contributed by atoms with E-state index in [-0.39, 0.29) is 18.3 Å². The summed E-state index contributed by atoms with van der Waals surface area (Å²) >= 11 is 0. The number of rotatable bonds is 14. The van der Waals surface area contributed by atoms with Crippen molar-refractivity contribution in [3.05, 3.63) is 84.9 Å². The second-order valence-corrected chi connectivity index (χ2v) is 7.31. The molecule has 0 amide bonds. The first-order chi connectivity index (χ1) is 17.0. The van der Waals surface area contributed by atoms with Gasteiger partial charge in [-0.2, -0.15) is 0 Å². The lowest BCUT2D eigenvalue weighted by atomic mass is 10.1. The molecule has 2 rings (SSSR count). The Morgan fingerprint density at radius 3 is 2.23 bits per heavy atom. The van der Waals surface area contributed by atoms with Crippen LogP contribution in [0.5, 0.6) is 11.5 Å². The van der Waals surface area contributed by atoms with E-state index < -0.39 is 11.8 Å². The van der Waals surface area contributed by atoms with Crippen molar-refractivity contribution in [3.8, 4) is 23.3 Å². The van der Waals surface area contributed by atoms with Crippen LogP contribution in [-0.4, -0.2) is 31.8 Å². The molecule has 0 atom stereocenters. The van der Waals surface area contributed by atoms with Gasteiger partial charge in [-0.1, -0.05) is 25.0 Å². The van der Waals surface area contributed by atoms with Crippen molar-refractivity contribution < 1.29 is 32.9 Å². The van der Waals surface area contributed by atoms with Crippen LogP contribution in [0.4, 0.5) is 4.39 Å². The fourth-order valence-corrected chi connectivity index (χ4v) is 2.81. The molecule has 0 fully saturated rings. The van der Waals surface area contributed by atoms with Crippen molar-refractivity contribution in [2.24, 2.45) is 0 Å². The maximum absolute atomic E-state index is 14.3. The zero-order valence-corrected chi connectivity index (χ0v) is 19.6. The SMILES string of the molecule is C=COC(=O)CCCCOc1ccc(C#Cc2ccc(OCCCCOC(=O)C=C)c(F)c2)cc1. The van der Waals surface area contributed by atoms with E-state index >= 15 is 0 Å². The van der Waals surface area contributed by atoms with Crippen LogP contribution in [0.2, 0.25) is 0 Å². The highest BCUT2D eigenvalue weighted by molar-refractivity contribution is 5.81. The fourth-order valence-electron chi connectivity index (χ4n) is 2.81. The summed E-state index contributed by atoms with van der Waals surface area (Å²) < 4.78 is 34.9. The van der Waals surface area contributed by atoms with Crippen LogP contribution in [0.1, 0.15) is 43.2 Å². The van der Waals surface area contributed by atoms with Crippen LogP contribution in [0.15, 0.2) is 68.0 Å². The van der Waals surface area contributed by atoms with E-state index in [9.17, 15) is 14.0 Å². The molecule has 0 heterocycles. The highest BCUT2D eigenvalue weighted by atomic mass is 19.1. The molecule has 2 aromatic carbocycles. The lowest BCUT2D eigenvalue weighted by molar-refractivity contribution is -0.138. The van der Waals surface area contributed by atoms with Gasteiger partial charge in [-0.15, -0.1) is 0 Å². The molecule has 0 aliphatic carbocycles. The van der Waals surface area contributed by atoms with Crippen molar-refractivity contribution in [1.82, 2.24) is 0 Å². The fraction of sp³-hybridized carbons (Fsp3) is 0.286. The van der Waals surface area contributed by atoms with Crippen LogP contribution >= 0.6 is 0 Å². The van der Waals surface area contributed by atoms with Crippen LogP contribution in [0.25, 0.3) is 0 Å². The van der Waals surface area contributed by atoms with E-state index in [4.69, 9.17) is 14.2 Å². The summed E-state index contributed by atoms with van der Waals surface area (Å²) in [6, 6.07) is 11.8. The zero-order chi connectivity index (χ0) is 25.3. The Balaban J connectivity index is 1.74. The third kappa shape index (κ3) is 11.1. The second-order valence-electron chi connectivity index (χ2n) is 7.31. The highest BCUT2D eigenvalue weighted by Crippen LogP contribution is 2.19. The number of halogens is 1. The van der Waals surface area contributed by atoms with Crippen molar-refractivity contribution >= 4 is 11.9 Å². The maximum atomic E-state index is 14.3. The van der Waals surface area contributed by atoms with E-state index in [1.54, 1.807) is 12.1 Å². The summed E-state index contributed by atoms with van der Waals surface area (Å²) in [6.07, 6.45) is 5.19. The molecule has 2 aromatic rings. The van der Waals surface area contributed by atoms with Gasteiger partial charge in [0, 0.05) is 23.6 Å². The molecule has 0 saturated heterocycles. The van der Waals surface area contributed by atoms with Gasteiger partial charge in [-0.3, -0.25) is 4.79 Å². The van der Waals surface area contributed by atoms with E-state index in [1.165, 1.54) is 6.07 Å². The predicted molar refractivity (Wildman–Crippen MR) is 130 cm³/mol. The quantitative estimate of drug-likeness (QED) is 0.119. The molecule has 0 spiro atoms. The van der Waals surface area contributed by atoms with Crippen LogP contribution < -0.4 is 9.47 Å². The molecule has 7 heteroatoms. The molecule has 0 N–H and O–H groups in total. The number of unbranched alkanes of at least 4 members (excludes halogenated alkanes) is 2. The topological polar surface area (TPSA) is 71.1 Å². The smallest absolute Gasteiger partial charge is 0.330 e. The number of carbonyl (C=O) groups excluding carboxylic acids is 2. The normalized spacial score (nSPS) is 9.86. The molecule has 0 aromatic heterocycles. The summed E-state index contributed by atoms with van der Waals surface area (Å²) in [4.78, 5) is 22.2. The standard InChI is InChI=1S/C28H29FO6/c1-3-27(30)35-20-8-7-19-34-26-17-14-23(21-25(26)29)11-10-22-12-15-24(16-13-22)33-18-6-5-9-28(31)32-4-2/h3-4,12-17,21H,1-2,5-9,18-20H2. The third-order valence-electron chi connectivity index (χ3n) is 4.60. The second kappa shape index (κ2) is 15.7. The molecule has 0 aliphatic heterocycles. The molecule has 0 unspecified atom stereocenters. The zero-order valence-electron chi connectivity index (χ0n) is 19.6. The Morgan fingerprint density at radius 2 is 1.51 bits per heavy atom. The van der Waals surface area contributed by atoms with E-state index in [2.05, 4.69) is 29.7 Å². The number of esters is 2. The first kappa shape index (κ1) is 27.2. The summed E-state index contributed by atoms with van der Waals surface area (Å²) in [5, 5.41) is 0. The summed E-state index contributed by atoms with van der Waals surface area (Å²) in [6.45, 7) is 7.73. The minimum absolute atomic E-state index is 0.151. The van der Waals surface area contributed by atoms with E-state index in [0.717, 1.165) is 24.3 Å². The van der Waals surface area contributed by atoms with Gasteiger partial charge in [-0.25, -0.2) is 9.18 Å². The van der Waals surface area contributed by atoms with Crippen molar-refractivity contribution in [2.45, 2.75) is 32.1 Å². The van der Waals surface area contributed by atoms with E-state index in [1.807, 2.05) is 24.3 Å². The minimum Gasteiger partial charge on any atom is -0.494 e. The van der Waals surface area contributed by atoms with E-state index in [0.29, 0.717) is 50.2 Å². The number of benzene rings is 2.